The Hall–Kier alpha value is -1.13. The second-order valence-corrected chi connectivity index (χ2v) is 6.15. The Morgan fingerprint density at radius 3 is 2.75 bits per heavy atom. The average molecular weight is 281 g/mol. The molecule has 0 spiro atoms. The van der Waals surface area contributed by atoms with Crippen LogP contribution < -0.4 is 5.32 Å². The van der Waals surface area contributed by atoms with E-state index in [0.717, 1.165) is 24.7 Å². The lowest BCUT2D eigenvalue weighted by Crippen LogP contribution is -2.61. The van der Waals surface area contributed by atoms with Crippen LogP contribution in [0.4, 0.5) is 4.39 Å². The van der Waals surface area contributed by atoms with Crippen LogP contribution in [0.3, 0.4) is 0 Å². The van der Waals surface area contributed by atoms with Crippen LogP contribution in [0.15, 0.2) is 18.2 Å². The van der Waals surface area contributed by atoms with E-state index < -0.39 is 5.82 Å². The highest BCUT2D eigenvalue weighted by Gasteiger charge is 2.49. The third-order valence-electron chi connectivity index (χ3n) is 4.46. The van der Waals surface area contributed by atoms with Gasteiger partial charge in [-0.15, -0.1) is 0 Å². The van der Waals surface area contributed by atoms with Crippen LogP contribution >= 0.6 is 0 Å². The second-order valence-electron chi connectivity index (χ2n) is 6.15. The molecule has 2 N–H and O–H groups in total. The lowest BCUT2D eigenvalue weighted by Gasteiger charge is -2.52. The zero-order valence-electron chi connectivity index (χ0n) is 12.6. The molecule has 0 saturated heterocycles. The van der Waals surface area contributed by atoms with Crippen molar-refractivity contribution in [1.82, 2.24) is 5.32 Å². The first-order chi connectivity index (χ1) is 9.36. The van der Waals surface area contributed by atoms with E-state index in [9.17, 15) is 9.50 Å². The molecule has 1 aliphatic carbocycles. The lowest BCUT2D eigenvalue weighted by atomic mass is 9.64. The fraction of sp³-hybridized carbons (Fsp3) is 0.625. The van der Waals surface area contributed by atoms with Gasteiger partial charge in [-0.25, -0.2) is 4.39 Å². The number of ether oxygens (including phenoxy) is 1. The van der Waals surface area contributed by atoms with Gasteiger partial charge in [-0.05, 0) is 26.3 Å². The van der Waals surface area contributed by atoms with Gasteiger partial charge >= 0.3 is 0 Å². The summed E-state index contributed by atoms with van der Waals surface area (Å²) in [6.45, 7) is 9.10. The van der Waals surface area contributed by atoms with Gasteiger partial charge in [0.05, 0.1) is 6.10 Å². The Bertz CT molecular complexity index is 476. The molecule has 1 aromatic carbocycles. The standard InChI is InChI=1S/C16H24FNO2/c1-5-20-15-9-14(16(15,3)4)18-10(2)12-7-6-11(17)8-13(12)19/h6-8,10,14-15,18-19H,5,9H2,1-4H3. The summed E-state index contributed by atoms with van der Waals surface area (Å²) in [5.41, 5.74) is 0.793. The van der Waals surface area contributed by atoms with Crippen LogP contribution in [0.1, 0.15) is 45.7 Å². The summed E-state index contributed by atoms with van der Waals surface area (Å²) in [5.74, 6) is -0.415. The number of rotatable bonds is 5. The van der Waals surface area contributed by atoms with Crippen LogP contribution in [0.5, 0.6) is 5.75 Å². The van der Waals surface area contributed by atoms with E-state index in [4.69, 9.17) is 4.74 Å². The Morgan fingerprint density at radius 2 is 2.20 bits per heavy atom. The SMILES string of the molecule is CCOC1CC(NC(C)c2ccc(F)cc2O)C1(C)C. The number of aromatic hydroxyl groups is 1. The molecule has 1 fully saturated rings. The van der Waals surface area contributed by atoms with Crippen molar-refractivity contribution < 1.29 is 14.2 Å². The van der Waals surface area contributed by atoms with Crippen molar-refractivity contribution in [2.24, 2.45) is 5.41 Å². The number of benzene rings is 1. The normalized spacial score (nSPS) is 26.1. The molecule has 1 saturated carbocycles. The van der Waals surface area contributed by atoms with E-state index >= 15 is 0 Å². The summed E-state index contributed by atoms with van der Waals surface area (Å²) in [7, 11) is 0. The fourth-order valence-electron chi connectivity index (χ4n) is 2.93. The quantitative estimate of drug-likeness (QED) is 0.869. The van der Waals surface area contributed by atoms with Gasteiger partial charge in [0.1, 0.15) is 11.6 Å². The predicted molar refractivity (Wildman–Crippen MR) is 77.2 cm³/mol. The first-order valence-electron chi connectivity index (χ1n) is 7.22. The van der Waals surface area contributed by atoms with Crippen molar-refractivity contribution >= 4 is 0 Å². The molecule has 4 heteroatoms. The minimum atomic E-state index is -0.418. The maximum atomic E-state index is 13.0. The van der Waals surface area contributed by atoms with Crippen LogP contribution in [0.2, 0.25) is 0 Å². The third-order valence-corrected chi connectivity index (χ3v) is 4.46. The molecular weight excluding hydrogens is 257 g/mol. The highest BCUT2D eigenvalue weighted by Crippen LogP contribution is 2.44. The maximum absolute atomic E-state index is 13.0. The van der Waals surface area contributed by atoms with Crippen molar-refractivity contribution in [3.8, 4) is 5.75 Å². The first kappa shape index (κ1) is 15.3. The number of phenolic OH excluding ortho intramolecular Hbond substituents is 1. The molecule has 0 radical (unpaired) electrons. The molecule has 3 atom stereocenters. The highest BCUT2D eigenvalue weighted by atomic mass is 19.1. The van der Waals surface area contributed by atoms with Crippen LogP contribution in [-0.2, 0) is 4.74 Å². The fourth-order valence-corrected chi connectivity index (χ4v) is 2.93. The summed E-state index contributed by atoms with van der Waals surface area (Å²) in [6, 6.07) is 4.47. The van der Waals surface area contributed by atoms with Crippen molar-refractivity contribution in [3.63, 3.8) is 0 Å². The minimum absolute atomic E-state index is 0.00323. The van der Waals surface area contributed by atoms with E-state index in [2.05, 4.69) is 19.2 Å². The van der Waals surface area contributed by atoms with Crippen LogP contribution in [-0.4, -0.2) is 23.9 Å². The molecule has 20 heavy (non-hydrogen) atoms. The van der Waals surface area contributed by atoms with Gasteiger partial charge in [-0.2, -0.15) is 0 Å². The number of nitrogens with one attached hydrogen (secondary N) is 1. The van der Waals surface area contributed by atoms with Gasteiger partial charge in [-0.1, -0.05) is 19.9 Å². The number of phenols is 1. The van der Waals surface area contributed by atoms with Gasteiger partial charge in [-0.3, -0.25) is 0 Å². The van der Waals surface area contributed by atoms with Gasteiger partial charge in [0.2, 0.25) is 0 Å². The van der Waals surface area contributed by atoms with Gasteiger partial charge < -0.3 is 15.2 Å². The molecule has 3 nitrogen and oxygen atoms in total. The number of hydrogen-bond donors (Lipinski definition) is 2. The van der Waals surface area contributed by atoms with Gasteiger partial charge in [0, 0.05) is 35.7 Å². The summed E-state index contributed by atoms with van der Waals surface area (Å²) in [6.07, 6.45) is 1.24. The number of hydrogen-bond acceptors (Lipinski definition) is 3. The Labute approximate surface area is 120 Å². The van der Waals surface area contributed by atoms with Crippen molar-refractivity contribution in [2.45, 2.75) is 52.3 Å². The third kappa shape index (κ3) is 2.81. The highest BCUT2D eigenvalue weighted by molar-refractivity contribution is 5.35. The summed E-state index contributed by atoms with van der Waals surface area (Å²) in [4.78, 5) is 0. The van der Waals surface area contributed by atoms with Crippen LogP contribution in [0, 0.1) is 11.2 Å². The molecule has 1 aromatic rings. The Morgan fingerprint density at radius 1 is 1.50 bits per heavy atom. The molecule has 2 rings (SSSR count). The van der Waals surface area contributed by atoms with Gasteiger partial charge in [0.15, 0.2) is 0 Å². The van der Waals surface area contributed by atoms with Crippen molar-refractivity contribution in [1.29, 1.82) is 0 Å². The molecule has 0 heterocycles. The zero-order valence-corrected chi connectivity index (χ0v) is 12.6. The van der Waals surface area contributed by atoms with E-state index in [-0.39, 0.29) is 23.3 Å². The second kappa shape index (κ2) is 5.70. The van der Waals surface area contributed by atoms with Crippen molar-refractivity contribution in [2.75, 3.05) is 6.61 Å². The molecule has 0 aromatic heterocycles. The van der Waals surface area contributed by atoms with E-state index in [1.165, 1.54) is 6.07 Å². The zero-order chi connectivity index (χ0) is 14.9. The molecule has 0 aliphatic heterocycles. The maximum Gasteiger partial charge on any atom is 0.126 e. The molecule has 0 bridgehead atoms. The predicted octanol–water partition coefficient (Wildman–Crippen LogP) is 3.39. The van der Waals surface area contributed by atoms with Gasteiger partial charge in [0.25, 0.3) is 0 Å². The summed E-state index contributed by atoms with van der Waals surface area (Å²) < 4.78 is 18.7. The Kier molecular flexibility index (Phi) is 4.35. The van der Waals surface area contributed by atoms with Crippen molar-refractivity contribution in [3.05, 3.63) is 29.6 Å². The van der Waals surface area contributed by atoms with Crippen LogP contribution in [0.25, 0.3) is 0 Å². The molecule has 0 amide bonds. The average Bonchev–Trinajstić information content (AvgIpc) is 2.37. The molecule has 112 valence electrons. The minimum Gasteiger partial charge on any atom is -0.508 e. The first-order valence-corrected chi connectivity index (χ1v) is 7.22. The molecular formula is C16H24FNO2. The molecule has 1 aliphatic rings. The summed E-state index contributed by atoms with van der Waals surface area (Å²) >= 11 is 0. The monoisotopic (exact) mass is 281 g/mol. The smallest absolute Gasteiger partial charge is 0.126 e. The molecule has 3 unspecified atom stereocenters. The Balaban J connectivity index is 2.01. The number of halogens is 1. The largest absolute Gasteiger partial charge is 0.508 e. The van der Waals surface area contributed by atoms with E-state index in [1.807, 2.05) is 13.8 Å². The summed E-state index contributed by atoms with van der Waals surface area (Å²) in [5, 5.41) is 13.3. The van der Waals surface area contributed by atoms with E-state index in [1.54, 1.807) is 6.07 Å². The van der Waals surface area contributed by atoms with E-state index in [0.29, 0.717) is 6.04 Å². The lowest BCUT2D eigenvalue weighted by molar-refractivity contribution is -0.116. The topological polar surface area (TPSA) is 41.5 Å².